The Morgan fingerprint density at radius 3 is 2.41 bits per heavy atom. The number of nitrogens with zero attached hydrogens (tertiary/aromatic N) is 1. The number of ether oxygens (including phenoxy) is 1. The molecule has 3 aromatic carbocycles. The molecular weight excluding hydrogens is 406 g/mol. The van der Waals surface area contributed by atoms with Crippen molar-refractivity contribution in [1.82, 2.24) is 15.5 Å². The van der Waals surface area contributed by atoms with Gasteiger partial charge >= 0.3 is 12.1 Å². The second-order valence-electron chi connectivity index (χ2n) is 7.86. The second kappa shape index (κ2) is 8.19. The minimum Gasteiger partial charge on any atom is -0.480 e. The maximum atomic E-state index is 12.5. The van der Waals surface area contributed by atoms with Crippen LogP contribution in [0, 0.1) is 0 Å². The predicted octanol–water partition coefficient (Wildman–Crippen LogP) is 4.10. The second-order valence-corrected chi connectivity index (χ2v) is 7.86. The number of carboxylic acids is 1. The summed E-state index contributed by atoms with van der Waals surface area (Å²) in [5.41, 5.74) is 6.12. The summed E-state index contributed by atoms with van der Waals surface area (Å²) in [5, 5.41) is 19.8. The molecule has 5 rings (SSSR count). The molecule has 0 fully saturated rings. The summed E-state index contributed by atoms with van der Waals surface area (Å²) in [4.78, 5) is 24.2. The maximum absolute atomic E-state index is 12.5. The van der Waals surface area contributed by atoms with Gasteiger partial charge in [0.2, 0.25) is 0 Å². The molecule has 4 aromatic rings. The van der Waals surface area contributed by atoms with Crippen molar-refractivity contribution in [2.75, 3.05) is 6.61 Å². The number of aliphatic carboxylic acids is 1. The minimum absolute atomic E-state index is 0.0834. The third-order valence-corrected chi connectivity index (χ3v) is 5.88. The van der Waals surface area contributed by atoms with Crippen LogP contribution in [-0.4, -0.2) is 40.0 Å². The summed E-state index contributed by atoms with van der Waals surface area (Å²) in [5.74, 6) is -1.20. The Morgan fingerprint density at radius 1 is 1.03 bits per heavy atom. The van der Waals surface area contributed by atoms with Gasteiger partial charge in [-0.15, -0.1) is 0 Å². The fourth-order valence-corrected chi connectivity index (χ4v) is 4.34. The van der Waals surface area contributed by atoms with E-state index in [0.717, 1.165) is 38.7 Å². The van der Waals surface area contributed by atoms with Crippen LogP contribution in [0.15, 0.2) is 72.9 Å². The minimum atomic E-state index is -1.12. The number of nitrogens with one attached hydrogen (secondary N) is 2. The van der Waals surface area contributed by atoms with Crippen LogP contribution in [0.3, 0.4) is 0 Å². The summed E-state index contributed by atoms with van der Waals surface area (Å²) in [6.07, 6.45) is 1.07. The van der Waals surface area contributed by atoms with Gasteiger partial charge in [-0.05, 0) is 39.9 Å². The van der Waals surface area contributed by atoms with E-state index in [9.17, 15) is 14.7 Å². The highest BCUT2D eigenvalue weighted by molar-refractivity contribution is 5.82. The average molecular weight is 427 g/mol. The number of aromatic amines is 1. The molecule has 7 heteroatoms. The molecule has 0 spiro atoms. The molecule has 3 N–H and O–H groups in total. The van der Waals surface area contributed by atoms with E-state index in [-0.39, 0.29) is 18.9 Å². The number of hydrogen-bond donors (Lipinski definition) is 3. The molecule has 1 aliphatic rings. The standard InChI is InChI=1S/C25H21N3O4/c29-24(30)23(12-15-9-10-22-16(11-15)13-26-28-22)27-25(31)32-14-21-19-7-3-1-5-17(19)18-6-2-4-8-20(18)21/h1-11,13,21,23H,12,14H2,(H,26,28)(H,27,31)(H,29,30)/t23-/m1/s1. The first-order valence-corrected chi connectivity index (χ1v) is 10.4. The van der Waals surface area contributed by atoms with E-state index in [1.165, 1.54) is 0 Å². The van der Waals surface area contributed by atoms with Crippen LogP contribution in [0.25, 0.3) is 22.0 Å². The van der Waals surface area contributed by atoms with Gasteiger partial charge in [-0.2, -0.15) is 5.10 Å². The first kappa shape index (κ1) is 19.8. The quantitative estimate of drug-likeness (QED) is 0.430. The lowest BCUT2D eigenvalue weighted by Crippen LogP contribution is -2.42. The SMILES string of the molecule is O=C(N[C@H](Cc1ccc2[nH]ncc2c1)C(=O)O)OCC1c2ccccc2-c2ccccc21. The van der Waals surface area contributed by atoms with E-state index < -0.39 is 18.1 Å². The third-order valence-electron chi connectivity index (χ3n) is 5.88. The Balaban J connectivity index is 1.27. The Kier molecular flexibility index (Phi) is 5.07. The summed E-state index contributed by atoms with van der Waals surface area (Å²) < 4.78 is 5.49. The van der Waals surface area contributed by atoms with E-state index in [1.54, 1.807) is 6.20 Å². The summed E-state index contributed by atoms with van der Waals surface area (Å²) >= 11 is 0. The van der Waals surface area contributed by atoms with Crippen LogP contribution in [0.4, 0.5) is 4.79 Å². The molecule has 32 heavy (non-hydrogen) atoms. The van der Waals surface area contributed by atoms with Crippen LogP contribution in [0.2, 0.25) is 0 Å². The van der Waals surface area contributed by atoms with E-state index in [4.69, 9.17) is 4.74 Å². The number of carbonyl (C=O) groups is 2. The number of fused-ring (bicyclic) bond motifs is 4. The highest BCUT2D eigenvalue weighted by Gasteiger charge is 2.29. The van der Waals surface area contributed by atoms with E-state index in [1.807, 2.05) is 54.6 Å². The molecule has 1 aromatic heterocycles. The van der Waals surface area contributed by atoms with Crippen LogP contribution >= 0.6 is 0 Å². The van der Waals surface area contributed by atoms with Gasteiger partial charge < -0.3 is 15.2 Å². The highest BCUT2D eigenvalue weighted by atomic mass is 16.5. The molecule has 1 heterocycles. The number of carboxylic acid groups (broad SMARTS) is 1. The largest absolute Gasteiger partial charge is 0.480 e. The zero-order chi connectivity index (χ0) is 22.1. The van der Waals surface area contributed by atoms with Crippen molar-refractivity contribution in [3.63, 3.8) is 0 Å². The van der Waals surface area contributed by atoms with Crippen molar-refractivity contribution >= 4 is 23.0 Å². The Bertz CT molecular complexity index is 1270. The fourth-order valence-electron chi connectivity index (χ4n) is 4.34. The summed E-state index contributed by atoms with van der Waals surface area (Å²) in [6, 6.07) is 20.5. The molecule has 1 amide bonds. The van der Waals surface area contributed by atoms with Crippen molar-refractivity contribution in [1.29, 1.82) is 0 Å². The van der Waals surface area contributed by atoms with Crippen molar-refractivity contribution < 1.29 is 19.4 Å². The maximum Gasteiger partial charge on any atom is 0.407 e. The van der Waals surface area contributed by atoms with Gasteiger partial charge in [-0.3, -0.25) is 5.10 Å². The number of alkyl carbamates (subject to hydrolysis) is 1. The van der Waals surface area contributed by atoms with Crippen LogP contribution in [0.5, 0.6) is 0 Å². The molecule has 160 valence electrons. The zero-order valence-corrected chi connectivity index (χ0v) is 17.1. The number of H-pyrrole nitrogens is 1. The molecule has 1 aliphatic carbocycles. The van der Waals surface area contributed by atoms with Gasteiger partial charge in [0.15, 0.2) is 0 Å². The topological polar surface area (TPSA) is 104 Å². The number of amides is 1. The number of benzene rings is 3. The Morgan fingerprint density at radius 2 is 1.72 bits per heavy atom. The molecule has 0 bridgehead atoms. The van der Waals surface area contributed by atoms with Crippen molar-refractivity contribution in [2.45, 2.75) is 18.4 Å². The molecule has 7 nitrogen and oxygen atoms in total. The van der Waals surface area contributed by atoms with E-state index in [2.05, 4.69) is 27.6 Å². The highest BCUT2D eigenvalue weighted by Crippen LogP contribution is 2.44. The molecule has 0 unspecified atom stereocenters. The first-order valence-electron chi connectivity index (χ1n) is 10.4. The van der Waals surface area contributed by atoms with Gasteiger partial charge in [0.25, 0.3) is 0 Å². The van der Waals surface area contributed by atoms with Gasteiger partial charge in [0.05, 0.1) is 11.7 Å². The zero-order valence-electron chi connectivity index (χ0n) is 17.1. The molecule has 0 radical (unpaired) electrons. The summed E-state index contributed by atoms with van der Waals surface area (Å²) in [7, 11) is 0. The van der Waals surface area contributed by atoms with Gasteiger partial charge in [-0.1, -0.05) is 54.6 Å². The van der Waals surface area contributed by atoms with Crippen LogP contribution < -0.4 is 5.32 Å². The first-order chi connectivity index (χ1) is 15.6. The van der Waals surface area contributed by atoms with Gasteiger partial charge in [0.1, 0.15) is 12.6 Å². The van der Waals surface area contributed by atoms with Crippen molar-refractivity contribution in [3.05, 3.63) is 89.6 Å². The van der Waals surface area contributed by atoms with Crippen molar-refractivity contribution in [2.24, 2.45) is 0 Å². The number of carbonyl (C=O) groups excluding carboxylic acids is 1. The van der Waals surface area contributed by atoms with Crippen LogP contribution in [-0.2, 0) is 16.0 Å². The predicted molar refractivity (Wildman–Crippen MR) is 119 cm³/mol. The number of hydrogen-bond acceptors (Lipinski definition) is 4. The summed E-state index contributed by atoms with van der Waals surface area (Å²) in [6.45, 7) is 0.132. The third kappa shape index (κ3) is 3.69. The molecule has 0 saturated carbocycles. The van der Waals surface area contributed by atoms with Crippen molar-refractivity contribution in [3.8, 4) is 11.1 Å². The van der Waals surface area contributed by atoms with Crippen LogP contribution in [0.1, 0.15) is 22.6 Å². The number of aromatic nitrogens is 2. The lowest BCUT2D eigenvalue weighted by atomic mass is 9.98. The smallest absolute Gasteiger partial charge is 0.407 e. The molecule has 0 saturated heterocycles. The lowest BCUT2D eigenvalue weighted by molar-refractivity contribution is -0.139. The molecular formula is C25H21N3O4. The molecule has 1 atom stereocenters. The van der Waals surface area contributed by atoms with E-state index >= 15 is 0 Å². The Hall–Kier alpha value is -4.13. The fraction of sp³-hybridized carbons (Fsp3) is 0.160. The number of rotatable bonds is 6. The molecule has 0 aliphatic heterocycles. The van der Waals surface area contributed by atoms with Gasteiger partial charge in [-0.25, -0.2) is 9.59 Å². The monoisotopic (exact) mass is 427 g/mol. The van der Waals surface area contributed by atoms with Gasteiger partial charge in [0, 0.05) is 17.7 Å². The lowest BCUT2D eigenvalue weighted by Gasteiger charge is -2.17. The normalized spacial score (nSPS) is 13.4. The van der Waals surface area contributed by atoms with E-state index in [0.29, 0.717) is 0 Å². The average Bonchev–Trinajstić information content (AvgIpc) is 3.39. The Labute approximate surface area is 184 Å².